The number of ether oxygens (including phenoxy) is 2. The quantitative estimate of drug-likeness (QED) is 0.704. The number of amides is 1. The maximum atomic E-state index is 13.9. The lowest BCUT2D eigenvalue weighted by molar-refractivity contribution is -0.146. The lowest BCUT2D eigenvalue weighted by Crippen LogP contribution is -2.35. The van der Waals surface area contributed by atoms with E-state index in [9.17, 15) is 14.0 Å². The van der Waals surface area contributed by atoms with Gasteiger partial charge in [0.05, 0.1) is 14.2 Å². The minimum atomic E-state index is -1.11. The number of carbonyl (C=O) groups excluding carboxylic acids is 2. The summed E-state index contributed by atoms with van der Waals surface area (Å²) < 4.78 is 24.8. The number of fused-ring (bicyclic) bond motifs is 1. The molecule has 0 spiro atoms. The first-order chi connectivity index (χ1) is 12.4. The highest BCUT2D eigenvalue weighted by Gasteiger charge is 2.40. The van der Waals surface area contributed by atoms with Gasteiger partial charge in [-0.2, -0.15) is 0 Å². The number of nitrogens with zero attached hydrogens (tertiary/aromatic N) is 1. The molecule has 0 saturated heterocycles. The largest absolute Gasteiger partial charge is 0.496 e. The normalized spacial score (nSPS) is 14.2. The Morgan fingerprint density at radius 3 is 2.65 bits per heavy atom. The third-order valence-electron chi connectivity index (χ3n) is 4.52. The van der Waals surface area contributed by atoms with Gasteiger partial charge in [0.1, 0.15) is 11.6 Å². The number of benzene rings is 2. The van der Waals surface area contributed by atoms with Crippen molar-refractivity contribution < 1.29 is 23.5 Å². The van der Waals surface area contributed by atoms with Gasteiger partial charge < -0.3 is 14.4 Å². The fraction of sp³-hybridized carbons (Fsp3) is 0.263. The zero-order valence-electron chi connectivity index (χ0n) is 14.5. The number of hydrogen-bond acceptors (Lipinski definition) is 4. The van der Waals surface area contributed by atoms with Gasteiger partial charge in [-0.3, -0.25) is 4.79 Å². The Hall–Kier alpha value is -2.41. The van der Waals surface area contributed by atoms with E-state index in [1.807, 2.05) is 19.1 Å². The summed E-state index contributed by atoms with van der Waals surface area (Å²) in [6, 6.07) is 6.44. The molecule has 0 N–H and O–H groups in total. The summed E-state index contributed by atoms with van der Waals surface area (Å²) in [6.45, 7) is 2.06. The van der Waals surface area contributed by atoms with Gasteiger partial charge in [0.25, 0.3) is 5.91 Å². The molecule has 1 amide bonds. The van der Waals surface area contributed by atoms with Crippen LogP contribution >= 0.6 is 15.9 Å². The van der Waals surface area contributed by atoms with Crippen LogP contribution in [0.5, 0.6) is 5.75 Å². The van der Waals surface area contributed by atoms with Gasteiger partial charge in [-0.1, -0.05) is 22.0 Å². The van der Waals surface area contributed by atoms with E-state index in [1.54, 1.807) is 0 Å². The average Bonchev–Trinajstić information content (AvgIpc) is 2.95. The summed E-state index contributed by atoms with van der Waals surface area (Å²) >= 11 is 3.42. The van der Waals surface area contributed by atoms with Crippen molar-refractivity contribution in [3.05, 3.63) is 62.9 Å². The van der Waals surface area contributed by atoms with Crippen molar-refractivity contribution in [2.75, 3.05) is 14.2 Å². The molecule has 0 bridgehead atoms. The van der Waals surface area contributed by atoms with Crippen LogP contribution < -0.4 is 4.74 Å². The van der Waals surface area contributed by atoms with Crippen LogP contribution in [0.1, 0.15) is 33.1 Å². The van der Waals surface area contributed by atoms with Crippen molar-refractivity contribution in [2.45, 2.75) is 19.5 Å². The first kappa shape index (κ1) is 18.4. The molecule has 0 fully saturated rings. The molecular weight excluding hydrogens is 405 g/mol. The Morgan fingerprint density at radius 1 is 1.27 bits per heavy atom. The third kappa shape index (κ3) is 2.96. The minimum Gasteiger partial charge on any atom is -0.496 e. The standard InChI is InChI=1S/C19H17BrFNO4/c1-10-14(20)6-4-11-9-22(18(23)16(10)11)17(19(24)26-3)13-8-12(21)5-7-15(13)25-2/h4-8,17H,9H2,1-3H3. The molecule has 2 aromatic carbocycles. The first-order valence-electron chi connectivity index (χ1n) is 7.89. The number of esters is 1. The van der Waals surface area contributed by atoms with Crippen molar-refractivity contribution in [1.82, 2.24) is 4.90 Å². The summed E-state index contributed by atoms with van der Waals surface area (Å²) in [6.07, 6.45) is 0. The predicted octanol–water partition coefficient (Wildman–Crippen LogP) is 3.78. The van der Waals surface area contributed by atoms with Crippen LogP contribution in [0.25, 0.3) is 0 Å². The first-order valence-corrected chi connectivity index (χ1v) is 8.68. The average molecular weight is 422 g/mol. The van der Waals surface area contributed by atoms with Crippen LogP contribution in [0.3, 0.4) is 0 Å². The molecule has 1 unspecified atom stereocenters. The molecule has 0 aliphatic carbocycles. The van der Waals surface area contributed by atoms with Crippen molar-refractivity contribution in [1.29, 1.82) is 0 Å². The van der Waals surface area contributed by atoms with E-state index in [2.05, 4.69) is 15.9 Å². The lowest BCUT2D eigenvalue weighted by atomic mass is 10.0. The van der Waals surface area contributed by atoms with Crippen molar-refractivity contribution in [2.24, 2.45) is 0 Å². The van der Waals surface area contributed by atoms with E-state index in [-0.39, 0.29) is 18.0 Å². The SMILES string of the molecule is COC(=O)C(c1cc(F)ccc1OC)N1Cc2ccc(Br)c(C)c2C1=O. The predicted molar refractivity (Wildman–Crippen MR) is 96.5 cm³/mol. The summed E-state index contributed by atoms with van der Waals surface area (Å²) in [7, 11) is 2.66. The van der Waals surface area contributed by atoms with Gasteiger partial charge in [-0.05, 0) is 42.3 Å². The molecule has 7 heteroatoms. The maximum Gasteiger partial charge on any atom is 0.333 e. The van der Waals surface area contributed by atoms with E-state index in [4.69, 9.17) is 9.47 Å². The molecule has 136 valence electrons. The Bertz CT molecular complexity index is 899. The topological polar surface area (TPSA) is 55.8 Å². The molecule has 1 heterocycles. The number of halogens is 2. The second kappa shape index (κ2) is 7.07. The number of carbonyl (C=O) groups is 2. The molecule has 1 atom stereocenters. The van der Waals surface area contributed by atoms with Crippen LogP contribution in [0.15, 0.2) is 34.8 Å². The van der Waals surface area contributed by atoms with Gasteiger partial charge >= 0.3 is 5.97 Å². The van der Waals surface area contributed by atoms with E-state index in [0.29, 0.717) is 11.3 Å². The molecule has 0 radical (unpaired) electrons. The molecule has 0 saturated carbocycles. The van der Waals surface area contributed by atoms with Gasteiger partial charge in [-0.15, -0.1) is 0 Å². The second-order valence-electron chi connectivity index (χ2n) is 5.95. The summed E-state index contributed by atoms with van der Waals surface area (Å²) in [5, 5.41) is 0. The lowest BCUT2D eigenvalue weighted by Gasteiger charge is -2.27. The Labute approximate surface area is 158 Å². The molecule has 3 rings (SSSR count). The fourth-order valence-corrected chi connectivity index (χ4v) is 3.56. The zero-order chi connectivity index (χ0) is 19.0. The molecule has 26 heavy (non-hydrogen) atoms. The highest BCUT2D eigenvalue weighted by atomic mass is 79.9. The molecule has 0 aromatic heterocycles. The molecule has 1 aliphatic rings. The van der Waals surface area contributed by atoms with Gasteiger partial charge in [0, 0.05) is 22.1 Å². The summed E-state index contributed by atoms with van der Waals surface area (Å²) in [5.74, 6) is -1.19. The van der Waals surface area contributed by atoms with Crippen LogP contribution in [0.2, 0.25) is 0 Å². The fourth-order valence-electron chi connectivity index (χ4n) is 3.23. The summed E-state index contributed by atoms with van der Waals surface area (Å²) in [4.78, 5) is 27.0. The van der Waals surface area contributed by atoms with E-state index in [0.717, 1.165) is 15.6 Å². The van der Waals surface area contributed by atoms with Crippen LogP contribution in [-0.2, 0) is 16.1 Å². The van der Waals surface area contributed by atoms with E-state index >= 15 is 0 Å². The summed E-state index contributed by atoms with van der Waals surface area (Å²) in [5.41, 5.74) is 2.39. The number of rotatable bonds is 4. The zero-order valence-corrected chi connectivity index (χ0v) is 16.1. The Morgan fingerprint density at radius 2 is 2.00 bits per heavy atom. The van der Waals surface area contributed by atoms with Crippen LogP contribution in [0, 0.1) is 12.7 Å². The molecule has 1 aliphatic heterocycles. The van der Waals surface area contributed by atoms with E-state index < -0.39 is 17.8 Å². The monoisotopic (exact) mass is 421 g/mol. The van der Waals surface area contributed by atoms with Crippen LogP contribution in [0.4, 0.5) is 4.39 Å². The van der Waals surface area contributed by atoms with Crippen LogP contribution in [-0.4, -0.2) is 31.0 Å². The van der Waals surface area contributed by atoms with Crippen molar-refractivity contribution in [3.63, 3.8) is 0 Å². The molecular formula is C19H17BrFNO4. The Balaban J connectivity index is 2.12. The number of hydrogen-bond donors (Lipinski definition) is 0. The highest BCUT2D eigenvalue weighted by molar-refractivity contribution is 9.10. The molecule has 2 aromatic rings. The third-order valence-corrected chi connectivity index (χ3v) is 5.38. The highest BCUT2D eigenvalue weighted by Crippen LogP contribution is 2.38. The van der Waals surface area contributed by atoms with Gasteiger partial charge in [-0.25, -0.2) is 9.18 Å². The van der Waals surface area contributed by atoms with E-state index in [1.165, 1.54) is 37.3 Å². The van der Waals surface area contributed by atoms with Crippen molar-refractivity contribution in [3.8, 4) is 5.75 Å². The van der Waals surface area contributed by atoms with Gasteiger partial charge in [0.15, 0.2) is 6.04 Å². The van der Waals surface area contributed by atoms with Crippen molar-refractivity contribution >= 4 is 27.8 Å². The number of methoxy groups -OCH3 is 2. The Kier molecular flexibility index (Phi) is 5.00. The van der Waals surface area contributed by atoms with Gasteiger partial charge in [0.2, 0.25) is 0 Å². The smallest absolute Gasteiger partial charge is 0.333 e. The minimum absolute atomic E-state index is 0.224. The molecule has 5 nitrogen and oxygen atoms in total. The second-order valence-corrected chi connectivity index (χ2v) is 6.81. The maximum absolute atomic E-state index is 13.9.